The van der Waals surface area contributed by atoms with Gasteiger partial charge in [-0.05, 0) is 0 Å². The van der Waals surface area contributed by atoms with Gasteiger partial charge in [0.15, 0.2) is 0 Å². The van der Waals surface area contributed by atoms with Crippen LogP contribution in [0.2, 0.25) is 0 Å². The number of alkyl halides is 3. The monoisotopic (exact) mass is 209 g/mol. The zero-order chi connectivity index (χ0) is 10.6. The molecule has 0 aliphatic carbocycles. The number of hydrogen-bond donors (Lipinski definition) is 1. The molecule has 0 saturated heterocycles. The Hall–Kier alpha value is -1.08. The van der Waals surface area contributed by atoms with E-state index in [0.717, 1.165) is 0 Å². The summed E-state index contributed by atoms with van der Waals surface area (Å²) in [5.74, 6) is 0.538. The van der Waals surface area contributed by atoms with E-state index in [1.807, 2.05) is 0 Å². The summed E-state index contributed by atoms with van der Waals surface area (Å²) in [6, 6.07) is 0. The average Bonchev–Trinajstić information content (AvgIpc) is 2.49. The Bertz CT molecular complexity index is 284. The van der Waals surface area contributed by atoms with Crippen LogP contribution < -0.4 is 5.73 Å². The zero-order valence-electron chi connectivity index (χ0n) is 7.29. The van der Waals surface area contributed by atoms with E-state index >= 15 is 0 Å². The van der Waals surface area contributed by atoms with E-state index in [2.05, 4.69) is 9.72 Å². The molecule has 1 heterocycles. The van der Waals surface area contributed by atoms with E-state index < -0.39 is 13.0 Å². The van der Waals surface area contributed by atoms with Gasteiger partial charge in [-0.3, -0.25) is 4.74 Å². The van der Waals surface area contributed by atoms with Crippen molar-refractivity contribution in [2.24, 2.45) is 5.73 Å². The smallest absolute Gasteiger partial charge is 0.332 e. The van der Waals surface area contributed by atoms with E-state index in [1.165, 1.54) is 10.8 Å². The molecule has 7 heteroatoms. The molecule has 0 aromatic carbocycles. The molecule has 14 heavy (non-hydrogen) atoms. The van der Waals surface area contributed by atoms with Crippen molar-refractivity contribution in [1.82, 2.24) is 9.55 Å². The molecule has 1 rings (SSSR count). The molecule has 0 spiro atoms. The van der Waals surface area contributed by atoms with Gasteiger partial charge in [0.1, 0.15) is 5.82 Å². The Balaban J connectivity index is 2.38. The van der Waals surface area contributed by atoms with Crippen molar-refractivity contribution in [3.05, 3.63) is 18.2 Å². The zero-order valence-corrected chi connectivity index (χ0v) is 7.29. The first-order valence-electron chi connectivity index (χ1n) is 3.93. The van der Waals surface area contributed by atoms with Gasteiger partial charge in [-0.2, -0.15) is 0 Å². The van der Waals surface area contributed by atoms with Crippen molar-refractivity contribution < 1.29 is 17.9 Å². The first-order valence-corrected chi connectivity index (χ1v) is 3.93. The number of hydrogen-bond acceptors (Lipinski definition) is 3. The van der Waals surface area contributed by atoms with Gasteiger partial charge in [0.2, 0.25) is 0 Å². The van der Waals surface area contributed by atoms with Crippen LogP contribution in [0.5, 0.6) is 0 Å². The van der Waals surface area contributed by atoms with E-state index in [0.29, 0.717) is 5.82 Å². The molecule has 0 aliphatic heterocycles. The SMILES string of the molecule is NCc1nccn1CCOC(F)(F)F. The summed E-state index contributed by atoms with van der Waals surface area (Å²) in [4.78, 5) is 3.85. The normalized spacial score (nSPS) is 12.0. The van der Waals surface area contributed by atoms with Crippen LogP contribution in [0.4, 0.5) is 13.2 Å². The lowest BCUT2D eigenvalue weighted by Crippen LogP contribution is -2.18. The second kappa shape index (κ2) is 4.43. The molecule has 2 N–H and O–H groups in total. The summed E-state index contributed by atoms with van der Waals surface area (Å²) in [6.07, 6.45) is -1.54. The quantitative estimate of drug-likeness (QED) is 0.800. The highest BCUT2D eigenvalue weighted by Gasteiger charge is 2.28. The van der Waals surface area contributed by atoms with Crippen LogP contribution in [-0.2, 0) is 17.8 Å². The highest BCUT2D eigenvalue weighted by Crippen LogP contribution is 2.15. The summed E-state index contributed by atoms with van der Waals surface area (Å²) >= 11 is 0. The standard InChI is InChI=1S/C7H10F3N3O/c8-7(9,10)14-4-3-13-2-1-12-6(13)5-11/h1-2H,3-5,11H2. The Morgan fingerprint density at radius 2 is 2.21 bits per heavy atom. The Morgan fingerprint density at radius 3 is 2.79 bits per heavy atom. The first-order chi connectivity index (χ1) is 6.53. The molecule has 0 saturated carbocycles. The third kappa shape index (κ3) is 3.35. The molecule has 4 nitrogen and oxygen atoms in total. The summed E-state index contributed by atoms with van der Waals surface area (Å²) < 4.78 is 39.9. The topological polar surface area (TPSA) is 53.1 Å². The van der Waals surface area contributed by atoms with Gasteiger partial charge in [0.05, 0.1) is 13.2 Å². The maximum absolute atomic E-state index is 11.6. The summed E-state index contributed by atoms with van der Waals surface area (Å²) in [5.41, 5.74) is 5.31. The van der Waals surface area contributed by atoms with Crippen molar-refractivity contribution in [2.45, 2.75) is 19.5 Å². The molecule has 0 bridgehead atoms. The molecule has 80 valence electrons. The van der Waals surface area contributed by atoms with Crippen molar-refractivity contribution in [1.29, 1.82) is 0 Å². The minimum Gasteiger partial charge on any atom is -0.332 e. The van der Waals surface area contributed by atoms with Crippen molar-refractivity contribution >= 4 is 0 Å². The second-order valence-electron chi connectivity index (χ2n) is 2.54. The molecular weight excluding hydrogens is 199 g/mol. The lowest BCUT2D eigenvalue weighted by Gasteiger charge is -2.09. The fourth-order valence-electron chi connectivity index (χ4n) is 0.993. The number of imidazole rings is 1. The Labute approximate surface area is 78.5 Å². The van der Waals surface area contributed by atoms with Crippen molar-refractivity contribution in [3.63, 3.8) is 0 Å². The van der Waals surface area contributed by atoms with Gasteiger partial charge in [-0.25, -0.2) is 4.98 Å². The summed E-state index contributed by atoms with van der Waals surface area (Å²) in [7, 11) is 0. The van der Waals surface area contributed by atoms with Crippen LogP contribution >= 0.6 is 0 Å². The highest BCUT2D eigenvalue weighted by molar-refractivity contribution is 4.90. The van der Waals surface area contributed by atoms with Gasteiger partial charge >= 0.3 is 6.36 Å². The van der Waals surface area contributed by atoms with Crippen LogP contribution in [0, 0.1) is 0 Å². The molecule has 0 radical (unpaired) electrons. The van der Waals surface area contributed by atoms with Crippen LogP contribution in [0.1, 0.15) is 5.82 Å². The molecular formula is C7H10F3N3O. The second-order valence-corrected chi connectivity index (χ2v) is 2.54. The molecule has 1 aromatic rings. The number of aromatic nitrogens is 2. The molecule has 0 aliphatic rings. The van der Waals surface area contributed by atoms with E-state index in [1.54, 1.807) is 6.20 Å². The third-order valence-electron chi connectivity index (χ3n) is 1.58. The number of ether oxygens (including phenoxy) is 1. The van der Waals surface area contributed by atoms with Gasteiger partial charge in [-0.15, -0.1) is 13.2 Å². The number of nitrogens with zero attached hydrogens (tertiary/aromatic N) is 2. The van der Waals surface area contributed by atoms with Crippen LogP contribution in [0.3, 0.4) is 0 Å². The van der Waals surface area contributed by atoms with Gasteiger partial charge < -0.3 is 10.3 Å². The number of nitrogens with two attached hydrogens (primary N) is 1. The fourth-order valence-corrected chi connectivity index (χ4v) is 0.993. The first kappa shape index (κ1) is 11.0. The molecule has 0 amide bonds. The molecule has 0 unspecified atom stereocenters. The number of rotatable bonds is 4. The lowest BCUT2D eigenvalue weighted by atomic mass is 10.5. The van der Waals surface area contributed by atoms with Gasteiger partial charge in [-0.1, -0.05) is 0 Å². The predicted molar refractivity (Wildman–Crippen MR) is 42.1 cm³/mol. The molecule has 0 atom stereocenters. The summed E-state index contributed by atoms with van der Waals surface area (Å²) in [5, 5.41) is 0. The predicted octanol–water partition coefficient (Wildman–Crippen LogP) is 0.878. The van der Waals surface area contributed by atoms with Gasteiger partial charge in [0, 0.05) is 18.9 Å². The minimum absolute atomic E-state index is 0.0893. The van der Waals surface area contributed by atoms with Crippen LogP contribution in [-0.4, -0.2) is 22.5 Å². The largest absolute Gasteiger partial charge is 0.522 e. The van der Waals surface area contributed by atoms with E-state index in [4.69, 9.17) is 5.73 Å². The van der Waals surface area contributed by atoms with Crippen LogP contribution in [0.25, 0.3) is 0 Å². The fraction of sp³-hybridized carbons (Fsp3) is 0.571. The van der Waals surface area contributed by atoms with E-state index in [9.17, 15) is 13.2 Å². The third-order valence-corrected chi connectivity index (χ3v) is 1.58. The Kier molecular flexibility index (Phi) is 3.48. The minimum atomic E-state index is -4.58. The maximum Gasteiger partial charge on any atom is 0.522 e. The van der Waals surface area contributed by atoms with Crippen LogP contribution in [0.15, 0.2) is 12.4 Å². The molecule has 0 fully saturated rings. The molecule has 1 aromatic heterocycles. The summed E-state index contributed by atoms with van der Waals surface area (Å²) in [6.45, 7) is -0.155. The highest BCUT2D eigenvalue weighted by atomic mass is 19.4. The maximum atomic E-state index is 11.6. The average molecular weight is 209 g/mol. The van der Waals surface area contributed by atoms with Crippen molar-refractivity contribution in [2.75, 3.05) is 6.61 Å². The lowest BCUT2D eigenvalue weighted by molar-refractivity contribution is -0.325. The number of halogens is 3. The van der Waals surface area contributed by atoms with E-state index in [-0.39, 0.29) is 13.1 Å². The van der Waals surface area contributed by atoms with Gasteiger partial charge in [0.25, 0.3) is 0 Å². The van der Waals surface area contributed by atoms with Crippen molar-refractivity contribution in [3.8, 4) is 0 Å². The Morgan fingerprint density at radius 1 is 1.50 bits per heavy atom.